The maximum Gasteiger partial charge on any atom is 0.223 e. The van der Waals surface area contributed by atoms with Crippen molar-refractivity contribution in [3.8, 4) is 0 Å². The Labute approximate surface area is 89.6 Å². The molecule has 1 fully saturated rings. The van der Waals surface area contributed by atoms with Gasteiger partial charge in [0, 0.05) is 26.3 Å². The summed E-state index contributed by atoms with van der Waals surface area (Å²) in [7, 11) is 1.65. The van der Waals surface area contributed by atoms with Gasteiger partial charge in [0.15, 0.2) is 5.78 Å². The largest absolute Gasteiger partial charge is 0.336 e. The van der Waals surface area contributed by atoms with E-state index >= 15 is 0 Å². The third-order valence-corrected chi connectivity index (χ3v) is 2.86. The average Bonchev–Trinajstić information content (AvgIpc) is 2.25. The Morgan fingerprint density at radius 3 is 2.87 bits per heavy atom. The number of carbonyl (C=O) groups excluding carboxylic acids is 3. The molecule has 1 rings (SSSR count). The van der Waals surface area contributed by atoms with Crippen LogP contribution >= 0.6 is 0 Å². The quantitative estimate of drug-likeness (QED) is 0.650. The summed E-state index contributed by atoms with van der Waals surface area (Å²) in [5.41, 5.74) is 0. The lowest BCUT2D eigenvalue weighted by molar-refractivity contribution is -0.139. The van der Waals surface area contributed by atoms with Crippen LogP contribution in [-0.4, -0.2) is 36.0 Å². The first kappa shape index (κ1) is 11.9. The summed E-state index contributed by atoms with van der Waals surface area (Å²) in [6, 6.07) is -0.252. The minimum atomic E-state index is -0.252. The third kappa shape index (κ3) is 3.15. The van der Waals surface area contributed by atoms with Crippen LogP contribution in [0, 0.1) is 0 Å². The summed E-state index contributed by atoms with van der Waals surface area (Å²) in [5.74, 6) is 0.0468. The van der Waals surface area contributed by atoms with E-state index in [1.807, 2.05) is 0 Å². The number of Topliss-reactive ketones (excluding diaryl/α,β-unsaturated/α-hetero) is 1. The molecule has 0 N–H and O–H groups in total. The number of aldehydes is 1. The van der Waals surface area contributed by atoms with Crippen LogP contribution in [0.1, 0.15) is 38.5 Å². The van der Waals surface area contributed by atoms with Gasteiger partial charge in [-0.05, 0) is 12.8 Å². The molecule has 1 atom stereocenters. The number of hydrogen-bond acceptors (Lipinski definition) is 3. The zero-order valence-electron chi connectivity index (χ0n) is 9.07. The van der Waals surface area contributed by atoms with Crippen molar-refractivity contribution in [2.24, 2.45) is 0 Å². The number of ketones is 1. The van der Waals surface area contributed by atoms with Crippen LogP contribution < -0.4 is 0 Å². The molecule has 4 heteroatoms. The van der Waals surface area contributed by atoms with E-state index in [1.165, 1.54) is 4.90 Å². The molecule has 1 saturated carbocycles. The highest BCUT2D eigenvalue weighted by molar-refractivity contribution is 5.89. The fraction of sp³-hybridized carbons (Fsp3) is 0.727. The zero-order valence-corrected chi connectivity index (χ0v) is 9.07. The van der Waals surface area contributed by atoms with E-state index in [9.17, 15) is 14.4 Å². The standard InChI is InChI=1S/C11H17NO3/c1-12(11(15)7-4-8-13)9-5-2-3-6-10(9)14/h8-9H,2-7H2,1H3. The summed E-state index contributed by atoms with van der Waals surface area (Å²) in [4.78, 5) is 34.8. The predicted octanol–water partition coefficient (Wildman–Crippen LogP) is 0.936. The van der Waals surface area contributed by atoms with Crippen molar-refractivity contribution >= 4 is 18.0 Å². The molecule has 0 radical (unpaired) electrons. The molecule has 1 amide bonds. The highest BCUT2D eigenvalue weighted by atomic mass is 16.2. The number of amides is 1. The molecule has 0 heterocycles. The molecule has 4 nitrogen and oxygen atoms in total. The fourth-order valence-electron chi connectivity index (χ4n) is 1.91. The Kier molecular flexibility index (Phi) is 4.46. The molecule has 0 aromatic rings. The van der Waals surface area contributed by atoms with Gasteiger partial charge in [0.2, 0.25) is 5.91 Å². The maximum absolute atomic E-state index is 11.6. The zero-order chi connectivity index (χ0) is 11.3. The van der Waals surface area contributed by atoms with E-state index in [4.69, 9.17) is 0 Å². The van der Waals surface area contributed by atoms with Crippen LogP contribution in [0.2, 0.25) is 0 Å². The second-order valence-corrected chi connectivity index (χ2v) is 3.94. The molecule has 0 aromatic carbocycles. The van der Waals surface area contributed by atoms with E-state index in [1.54, 1.807) is 7.05 Å². The normalized spacial score (nSPS) is 21.1. The Hall–Kier alpha value is -1.19. The third-order valence-electron chi connectivity index (χ3n) is 2.86. The summed E-state index contributed by atoms with van der Waals surface area (Å²) >= 11 is 0. The second-order valence-electron chi connectivity index (χ2n) is 3.94. The van der Waals surface area contributed by atoms with Gasteiger partial charge in [-0.2, -0.15) is 0 Å². The predicted molar refractivity (Wildman–Crippen MR) is 55.3 cm³/mol. The molecule has 15 heavy (non-hydrogen) atoms. The lowest BCUT2D eigenvalue weighted by atomic mass is 9.93. The van der Waals surface area contributed by atoms with Gasteiger partial charge in [-0.15, -0.1) is 0 Å². The number of nitrogens with zero attached hydrogens (tertiary/aromatic N) is 1. The smallest absolute Gasteiger partial charge is 0.223 e. The monoisotopic (exact) mass is 211 g/mol. The first-order chi connectivity index (χ1) is 7.16. The maximum atomic E-state index is 11.6. The molecule has 0 spiro atoms. The summed E-state index contributed by atoms with van der Waals surface area (Å²) in [6.07, 6.45) is 4.47. The molecule has 0 aliphatic heterocycles. The van der Waals surface area contributed by atoms with Crippen LogP contribution in [0.4, 0.5) is 0 Å². The lowest BCUT2D eigenvalue weighted by Crippen LogP contribution is -2.43. The number of carbonyl (C=O) groups is 3. The Morgan fingerprint density at radius 1 is 1.53 bits per heavy atom. The molecule has 84 valence electrons. The SMILES string of the molecule is CN(C(=O)CCC=O)C1CCCCC1=O. The average molecular weight is 211 g/mol. The number of hydrogen-bond donors (Lipinski definition) is 0. The first-order valence-corrected chi connectivity index (χ1v) is 5.39. The van der Waals surface area contributed by atoms with Gasteiger partial charge in [0.25, 0.3) is 0 Å². The fourth-order valence-corrected chi connectivity index (χ4v) is 1.91. The van der Waals surface area contributed by atoms with Crippen LogP contribution in [0.3, 0.4) is 0 Å². The highest BCUT2D eigenvalue weighted by Crippen LogP contribution is 2.19. The van der Waals surface area contributed by atoms with Crippen LogP contribution in [0.15, 0.2) is 0 Å². The van der Waals surface area contributed by atoms with Gasteiger partial charge >= 0.3 is 0 Å². The molecular formula is C11H17NO3. The molecule has 0 saturated heterocycles. The van der Waals surface area contributed by atoms with Crippen LogP contribution in [0.5, 0.6) is 0 Å². The summed E-state index contributed by atoms with van der Waals surface area (Å²) in [5, 5.41) is 0. The van der Waals surface area contributed by atoms with E-state index in [0.29, 0.717) is 6.42 Å². The molecule has 1 unspecified atom stereocenters. The van der Waals surface area contributed by atoms with Crippen molar-refractivity contribution in [2.45, 2.75) is 44.6 Å². The topological polar surface area (TPSA) is 54.5 Å². The second kappa shape index (κ2) is 5.63. The van der Waals surface area contributed by atoms with Gasteiger partial charge in [0.1, 0.15) is 6.29 Å². The van der Waals surface area contributed by atoms with E-state index in [2.05, 4.69) is 0 Å². The van der Waals surface area contributed by atoms with Gasteiger partial charge in [-0.3, -0.25) is 9.59 Å². The van der Waals surface area contributed by atoms with Crippen molar-refractivity contribution in [3.05, 3.63) is 0 Å². The summed E-state index contributed by atoms with van der Waals surface area (Å²) < 4.78 is 0. The van der Waals surface area contributed by atoms with Gasteiger partial charge in [-0.25, -0.2) is 0 Å². The van der Waals surface area contributed by atoms with Crippen molar-refractivity contribution in [3.63, 3.8) is 0 Å². The first-order valence-electron chi connectivity index (χ1n) is 5.39. The minimum Gasteiger partial charge on any atom is -0.336 e. The molecule has 1 aliphatic carbocycles. The Bertz CT molecular complexity index is 263. The molecule has 1 aliphatic rings. The number of likely N-dealkylation sites (N-methyl/N-ethyl adjacent to an activating group) is 1. The molecule has 0 bridgehead atoms. The van der Waals surface area contributed by atoms with Crippen molar-refractivity contribution in [1.82, 2.24) is 4.90 Å². The summed E-state index contributed by atoms with van der Waals surface area (Å²) in [6.45, 7) is 0. The van der Waals surface area contributed by atoms with E-state index in [-0.39, 0.29) is 30.6 Å². The molecule has 0 aromatic heterocycles. The van der Waals surface area contributed by atoms with Gasteiger partial charge < -0.3 is 9.69 Å². The van der Waals surface area contributed by atoms with Gasteiger partial charge in [-0.1, -0.05) is 6.42 Å². The molecular weight excluding hydrogens is 194 g/mol. The van der Waals surface area contributed by atoms with E-state index in [0.717, 1.165) is 25.5 Å². The highest BCUT2D eigenvalue weighted by Gasteiger charge is 2.28. The Balaban J connectivity index is 2.49. The number of rotatable bonds is 4. The minimum absolute atomic E-state index is 0.109. The van der Waals surface area contributed by atoms with Crippen molar-refractivity contribution in [1.29, 1.82) is 0 Å². The Morgan fingerprint density at radius 2 is 2.27 bits per heavy atom. The lowest BCUT2D eigenvalue weighted by Gasteiger charge is -2.29. The van der Waals surface area contributed by atoms with Crippen molar-refractivity contribution < 1.29 is 14.4 Å². The van der Waals surface area contributed by atoms with Crippen LogP contribution in [-0.2, 0) is 14.4 Å². The van der Waals surface area contributed by atoms with Gasteiger partial charge in [0.05, 0.1) is 6.04 Å². The van der Waals surface area contributed by atoms with Crippen molar-refractivity contribution in [2.75, 3.05) is 7.05 Å². The van der Waals surface area contributed by atoms with Crippen LogP contribution in [0.25, 0.3) is 0 Å². The van der Waals surface area contributed by atoms with E-state index < -0.39 is 0 Å².